The van der Waals surface area contributed by atoms with Crippen LogP contribution in [0.2, 0.25) is 0 Å². The Morgan fingerprint density at radius 3 is 2.70 bits per heavy atom. The summed E-state index contributed by atoms with van der Waals surface area (Å²) in [6.07, 6.45) is 3.65. The molecule has 1 amide bonds. The number of carbonyl (C=O) groups is 1. The topological polar surface area (TPSA) is 67.4 Å². The summed E-state index contributed by atoms with van der Waals surface area (Å²) >= 11 is 0. The van der Waals surface area contributed by atoms with Gasteiger partial charge in [-0.2, -0.15) is 8.78 Å². The van der Waals surface area contributed by atoms with E-state index in [1.54, 1.807) is 36.7 Å². The second-order valence-corrected chi connectivity index (χ2v) is 4.89. The number of para-hydroxylation sites is 2. The van der Waals surface area contributed by atoms with Crippen molar-refractivity contribution in [3.63, 3.8) is 0 Å². The lowest BCUT2D eigenvalue weighted by molar-refractivity contribution is -0.117. The van der Waals surface area contributed by atoms with Gasteiger partial charge in [0, 0.05) is 18.9 Å². The third kappa shape index (κ3) is 3.36. The number of nitrogens with one attached hydrogen (secondary N) is 1. The molecule has 0 aliphatic carbocycles. The average molecular weight is 320 g/mol. The number of ether oxygens (including phenoxy) is 1. The molecule has 1 aliphatic heterocycles. The summed E-state index contributed by atoms with van der Waals surface area (Å²) in [6, 6.07) is 7.41. The number of hydrogen-bond donors (Lipinski definition) is 1. The molecule has 3 rings (SSSR count). The van der Waals surface area contributed by atoms with Crippen molar-refractivity contribution in [3.8, 4) is 5.75 Å². The van der Waals surface area contributed by atoms with Crippen molar-refractivity contribution in [3.05, 3.63) is 42.7 Å². The van der Waals surface area contributed by atoms with Crippen molar-refractivity contribution in [2.75, 3.05) is 16.8 Å². The molecule has 8 heteroatoms. The predicted molar refractivity (Wildman–Crippen MR) is 79.5 cm³/mol. The molecule has 1 N–H and O–H groups in total. The van der Waals surface area contributed by atoms with E-state index in [0.29, 0.717) is 24.6 Å². The van der Waals surface area contributed by atoms with Crippen LogP contribution < -0.4 is 15.0 Å². The fourth-order valence-corrected chi connectivity index (χ4v) is 2.46. The smallest absolute Gasteiger partial charge is 0.387 e. The van der Waals surface area contributed by atoms with Gasteiger partial charge in [-0.3, -0.25) is 4.79 Å². The lowest BCUT2D eigenvalue weighted by Crippen LogP contribution is -2.34. The maximum atomic E-state index is 12.5. The molecule has 1 saturated heterocycles. The maximum absolute atomic E-state index is 12.5. The van der Waals surface area contributed by atoms with Crippen LogP contribution >= 0.6 is 0 Å². The molecular weight excluding hydrogens is 306 g/mol. The number of benzene rings is 1. The Labute approximate surface area is 131 Å². The Hall–Kier alpha value is -2.77. The molecule has 120 valence electrons. The number of aromatic nitrogens is 2. The summed E-state index contributed by atoms with van der Waals surface area (Å²) in [5.74, 6) is 0.0973. The summed E-state index contributed by atoms with van der Waals surface area (Å²) in [5.41, 5.74) is 0.330. The first-order valence-electron chi connectivity index (χ1n) is 7.04. The van der Waals surface area contributed by atoms with Crippen LogP contribution in [0.5, 0.6) is 5.75 Å². The quantitative estimate of drug-likeness (QED) is 0.915. The third-order valence-electron chi connectivity index (χ3n) is 3.45. The minimum absolute atomic E-state index is 0.0209. The minimum atomic E-state index is -2.94. The first kappa shape index (κ1) is 15.1. The summed E-state index contributed by atoms with van der Waals surface area (Å²) in [6.45, 7) is -2.55. The number of hydrogen-bond acceptors (Lipinski definition) is 5. The van der Waals surface area contributed by atoms with Crippen molar-refractivity contribution in [2.45, 2.75) is 19.1 Å². The van der Waals surface area contributed by atoms with Crippen molar-refractivity contribution >= 4 is 17.5 Å². The zero-order chi connectivity index (χ0) is 16.2. The summed E-state index contributed by atoms with van der Waals surface area (Å²) in [5, 5.41) is 2.95. The third-order valence-corrected chi connectivity index (χ3v) is 3.45. The number of nitrogens with zero attached hydrogens (tertiary/aromatic N) is 3. The monoisotopic (exact) mass is 320 g/mol. The standard InChI is InChI=1S/C15H14F2N4O2/c16-14(17)23-12-5-2-1-4-11(12)21-9-6-10(13(21)22)20-15-18-7-3-8-19-15/h1-5,7-8,10,14H,6,9H2,(H,18,19,20). The molecule has 2 aromatic rings. The number of carbonyl (C=O) groups excluding carboxylic acids is 1. The Morgan fingerprint density at radius 2 is 1.96 bits per heavy atom. The van der Waals surface area contributed by atoms with Gasteiger partial charge in [0.1, 0.15) is 11.8 Å². The Bertz CT molecular complexity index is 684. The van der Waals surface area contributed by atoms with Crippen LogP contribution in [0, 0.1) is 0 Å². The SMILES string of the molecule is O=C1C(Nc2ncccn2)CCN1c1ccccc1OC(F)F. The molecule has 1 aliphatic rings. The lowest BCUT2D eigenvalue weighted by atomic mass is 10.2. The predicted octanol–water partition coefficient (Wildman–Crippen LogP) is 2.30. The number of anilines is 2. The van der Waals surface area contributed by atoms with Crippen LogP contribution in [-0.4, -0.2) is 35.1 Å². The van der Waals surface area contributed by atoms with Gasteiger partial charge < -0.3 is 15.0 Å². The van der Waals surface area contributed by atoms with Gasteiger partial charge in [0.05, 0.1) is 5.69 Å². The average Bonchev–Trinajstić information content (AvgIpc) is 2.89. The van der Waals surface area contributed by atoms with Gasteiger partial charge in [-0.15, -0.1) is 0 Å². The van der Waals surface area contributed by atoms with Gasteiger partial charge in [0.15, 0.2) is 0 Å². The Kier molecular flexibility index (Phi) is 4.31. The minimum Gasteiger partial charge on any atom is -0.433 e. The number of halogens is 2. The highest BCUT2D eigenvalue weighted by atomic mass is 19.3. The van der Waals surface area contributed by atoms with E-state index in [0.717, 1.165) is 0 Å². The molecule has 1 aromatic heterocycles. The Morgan fingerprint density at radius 1 is 1.22 bits per heavy atom. The highest BCUT2D eigenvalue weighted by Crippen LogP contribution is 2.32. The number of rotatable bonds is 5. The van der Waals surface area contributed by atoms with Gasteiger partial charge in [-0.25, -0.2) is 9.97 Å². The molecule has 0 saturated carbocycles. The van der Waals surface area contributed by atoms with E-state index in [1.807, 2.05) is 0 Å². The van der Waals surface area contributed by atoms with Crippen LogP contribution in [-0.2, 0) is 4.79 Å². The van der Waals surface area contributed by atoms with E-state index in [4.69, 9.17) is 0 Å². The van der Waals surface area contributed by atoms with Gasteiger partial charge in [0.25, 0.3) is 0 Å². The number of amides is 1. The van der Waals surface area contributed by atoms with E-state index >= 15 is 0 Å². The molecule has 1 aromatic carbocycles. The second kappa shape index (κ2) is 6.55. The van der Waals surface area contributed by atoms with Crippen LogP contribution in [0.3, 0.4) is 0 Å². The lowest BCUT2D eigenvalue weighted by Gasteiger charge is -2.20. The molecule has 23 heavy (non-hydrogen) atoms. The van der Waals surface area contributed by atoms with Crippen molar-refractivity contribution in [1.82, 2.24) is 9.97 Å². The fourth-order valence-electron chi connectivity index (χ4n) is 2.46. The van der Waals surface area contributed by atoms with E-state index in [-0.39, 0.29) is 11.7 Å². The molecule has 1 unspecified atom stereocenters. The molecule has 6 nitrogen and oxygen atoms in total. The van der Waals surface area contributed by atoms with Crippen LogP contribution in [0.1, 0.15) is 6.42 Å². The first-order valence-corrected chi connectivity index (χ1v) is 7.04. The normalized spacial score (nSPS) is 17.6. The van der Waals surface area contributed by atoms with Gasteiger partial charge >= 0.3 is 6.61 Å². The number of alkyl halides is 2. The fraction of sp³-hybridized carbons (Fsp3) is 0.267. The zero-order valence-corrected chi connectivity index (χ0v) is 12.0. The summed E-state index contributed by atoms with van der Waals surface area (Å²) in [4.78, 5) is 22.0. The highest BCUT2D eigenvalue weighted by molar-refractivity contribution is 6.01. The van der Waals surface area contributed by atoms with Crippen LogP contribution in [0.25, 0.3) is 0 Å². The van der Waals surface area contributed by atoms with Gasteiger partial charge in [0.2, 0.25) is 11.9 Å². The second-order valence-electron chi connectivity index (χ2n) is 4.89. The van der Waals surface area contributed by atoms with Crippen LogP contribution in [0.15, 0.2) is 42.7 Å². The molecular formula is C15H14F2N4O2. The van der Waals surface area contributed by atoms with Gasteiger partial charge in [-0.05, 0) is 24.6 Å². The summed E-state index contributed by atoms with van der Waals surface area (Å²) < 4.78 is 29.5. The highest BCUT2D eigenvalue weighted by Gasteiger charge is 2.34. The molecule has 1 atom stereocenters. The summed E-state index contributed by atoms with van der Waals surface area (Å²) in [7, 11) is 0. The Balaban J connectivity index is 1.77. The van der Waals surface area contributed by atoms with Gasteiger partial charge in [-0.1, -0.05) is 12.1 Å². The molecule has 2 heterocycles. The van der Waals surface area contributed by atoms with Crippen molar-refractivity contribution < 1.29 is 18.3 Å². The molecule has 0 spiro atoms. The zero-order valence-electron chi connectivity index (χ0n) is 12.0. The maximum Gasteiger partial charge on any atom is 0.387 e. The van der Waals surface area contributed by atoms with Crippen LogP contribution in [0.4, 0.5) is 20.4 Å². The van der Waals surface area contributed by atoms with Crippen molar-refractivity contribution in [1.29, 1.82) is 0 Å². The molecule has 1 fully saturated rings. The largest absolute Gasteiger partial charge is 0.433 e. The van der Waals surface area contributed by atoms with E-state index in [2.05, 4.69) is 20.0 Å². The van der Waals surface area contributed by atoms with E-state index < -0.39 is 12.7 Å². The molecule has 0 bridgehead atoms. The van der Waals surface area contributed by atoms with E-state index in [9.17, 15) is 13.6 Å². The van der Waals surface area contributed by atoms with Crippen molar-refractivity contribution in [2.24, 2.45) is 0 Å². The van der Waals surface area contributed by atoms with E-state index in [1.165, 1.54) is 11.0 Å². The first-order chi connectivity index (χ1) is 11.1. The molecule has 0 radical (unpaired) electrons.